The van der Waals surface area contributed by atoms with Crippen LogP contribution >= 0.6 is 0 Å². The van der Waals surface area contributed by atoms with Crippen LogP contribution in [-0.4, -0.2) is 11.0 Å². The zero-order valence-corrected chi connectivity index (χ0v) is 14.9. The number of ether oxygens (including phenoxy) is 1. The van der Waals surface area contributed by atoms with Crippen LogP contribution in [0.1, 0.15) is 38.7 Å². The molecule has 1 aromatic heterocycles. The van der Waals surface area contributed by atoms with Crippen molar-refractivity contribution in [3.63, 3.8) is 0 Å². The summed E-state index contributed by atoms with van der Waals surface area (Å²) in [5, 5.41) is 0. The number of rotatable bonds is 6. The third-order valence-corrected chi connectivity index (χ3v) is 4.41. The summed E-state index contributed by atoms with van der Waals surface area (Å²) in [7, 11) is 0. The van der Waals surface area contributed by atoms with Gasteiger partial charge in [-0.25, -0.2) is 4.98 Å². The third-order valence-electron chi connectivity index (χ3n) is 4.41. The van der Waals surface area contributed by atoms with Crippen molar-refractivity contribution in [1.82, 2.24) is 4.98 Å². The Morgan fingerprint density at radius 2 is 1.96 bits per heavy atom. The Hall–Kier alpha value is -2.62. The first kappa shape index (κ1) is 17.2. The maximum Gasteiger partial charge on any atom is 0.311 e. The van der Waals surface area contributed by atoms with Crippen LogP contribution in [0.2, 0.25) is 0 Å². The van der Waals surface area contributed by atoms with E-state index >= 15 is 0 Å². The average Bonchev–Trinajstić information content (AvgIpc) is 3.03. The molecule has 0 spiro atoms. The van der Waals surface area contributed by atoms with Crippen molar-refractivity contribution in [3.8, 4) is 17.2 Å². The van der Waals surface area contributed by atoms with E-state index in [0.29, 0.717) is 24.0 Å². The highest BCUT2D eigenvalue weighted by Crippen LogP contribution is 2.26. The minimum Gasteiger partial charge on any atom is -0.436 e. The molecule has 25 heavy (non-hydrogen) atoms. The van der Waals surface area contributed by atoms with Gasteiger partial charge in [0.2, 0.25) is 5.89 Å². The van der Waals surface area contributed by atoms with E-state index < -0.39 is 0 Å². The normalized spacial score (nSPS) is 12.3. The number of fused-ring (bicyclic) bond motifs is 1. The van der Waals surface area contributed by atoms with Gasteiger partial charge in [0.15, 0.2) is 5.58 Å². The van der Waals surface area contributed by atoms with Crippen LogP contribution in [0.3, 0.4) is 0 Å². The number of benzene rings is 2. The van der Waals surface area contributed by atoms with Crippen molar-refractivity contribution >= 4 is 17.1 Å². The van der Waals surface area contributed by atoms with Crippen LogP contribution in [0, 0.1) is 12.8 Å². The Morgan fingerprint density at radius 1 is 1.20 bits per heavy atom. The van der Waals surface area contributed by atoms with Gasteiger partial charge in [0.1, 0.15) is 11.3 Å². The fourth-order valence-corrected chi connectivity index (χ4v) is 2.58. The molecule has 1 heterocycles. The number of hydrogen-bond donors (Lipinski definition) is 0. The molecule has 0 bridgehead atoms. The lowest BCUT2D eigenvalue weighted by atomic mass is 10.0. The number of aryl methyl sites for hydroxylation is 1. The Bertz CT molecular complexity index is 864. The van der Waals surface area contributed by atoms with Gasteiger partial charge in [-0.05, 0) is 61.2 Å². The van der Waals surface area contributed by atoms with Gasteiger partial charge in [0.25, 0.3) is 0 Å². The van der Waals surface area contributed by atoms with E-state index in [9.17, 15) is 4.79 Å². The lowest BCUT2D eigenvalue weighted by Crippen LogP contribution is -2.09. The second kappa shape index (κ2) is 7.51. The van der Waals surface area contributed by atoms with Gasteiger partial charge in [-0.15, -0.1) is 0 Å². The van der Waals surface area contributed by atoms with Crippen LogP contribution < -0.4 is 4.74 Å². The van der Waals surface area contributed by atoms with Crippen molar-refractivity contribution < 1.29 is 13.9 Å². The van der Waals surface area contributed by atoms with E-state index in [1.807, 2.05) is 37.3 Å². The SMILES string of the molecule is CCC(C)CCC(=O)Oc1ccc(-c2nc3cc(C)ccc3o2)cc1. The van der Waals surface area contributed by atoms with Crippen LogP contribution in [0.15, 0.2) is 46.9 Å². The average molecular weight is 337 g/mol. The topological polar surface area (TPSA) is 52.3 Å². The predicted molar refractivity (Wildman–Crippen MR) is 98.5 cm³/mol. The number of carbonyl (C=O) groups excluding carboxylic acids is 1. The molecule has 0 aliphatic heterocycles. The van der Waals surface area contributed by atoms with E-state index in [4.69, 9.17) is 9.15 Å². The van der Waals surface area contributed by atoms with Gasteiger partial charge in [-0.1, -0.05) is 26.3 Å². The van der Waals surface area contributed by atoms with Gasteiger partial charge in [-0.2, -0.15) is 0 Å². The van der Waals surface area contributed by atoms with Crippen molar-refractivity contribution in [2.24, 2.45) is 5.92 Å². The van der Waals surface area contributed by atoms with Crippen molar-refractivity contribution in [2.75, 3.05) is 0 Å². The van der Waals surface area contributed by atoms with Crippen LogP contribution in [-0.2, 0) is 4.79 Å². The molecule has 1 unspecified atom stereocenters. The molecule has 0 aliphatic carbocycles. The van der Waals surface area contributed by atoms with Crippen LogP contribution in [0.5, 0.6) is 5.75 Å². The summed E-state index contributed by atoms with van der Waals surface area (Å²) in [6.45, 7) is 6.30. The maximum atomic E-state index is 11.9. The molecule has 0 fully saturated rings. The summed E-state index contributed by atoms with van der Waals surface area (Å²) in [6, 6.07) is 13.2. The smallest absolute Gasteiger partial charge is 0.311 e. The molecule has 3 aromatic rings. The van der Waals surface area contributed by atoms with Gasteiger partial charge >= 0.3 is 5.97 Å². The Kier molecular flexibility index (Phi) is 5.17. The molecule has 0 N–H and O–H groups in total. The fourth-order valence-electron chi connectivity index (χ4n) is 2.58. The highest BCUT2D eigenvalue weighted by atomic mass is 16.5. The highest BCUT2D eigenvalue weighted by Gasteiger charge is 2.10. The molecule has 0 saturated carbocycles. The molecule has 0 aliphatic rings. The minimum absolute atomic E-state index is 0.189. The van der Waals surface area contributed by atoms with E-state index in [0.717, 1.165) is 35.1 Å². The monoisotopic (exact) mass is 337 g/mol. The number of oxazole rings is 1. The van der Waals surface area contributed by atoms with Crippen molar-refractivity contribution in [3.05, 3.63) is 48.0 Å². The molecule has 2 aromatic carbocycles. The highest BCUT2D eigenvalue weighted by molar-refractivity contribution is 5.77. The molecule has 1 atom stereocenters. The molecule has 4 nitrogen and oxygen atoms in total. The van der Waals surface area contributed by atoms with Crippen molar-refractivity contribution in [2.45, 2.75) is 40.0 Å². The number of carbonyl (C=O) groups is 1. The molecule has 0 radical (unpaired) electrons. The first-order valence-electron chi connectivity index (χ1n) is 8.73. The summed E-state index contributed by atoms with van der Waals surface area (Å²) in [5.41, 5.74) is 3.61. The van der Waals surface area contributed by atoms with Gasteiger partial charge in [-0.3, -0.25) is 4.79 Å². The van der Waals surface area contributed by atoms with E-state index in [1.165, 1.54) is 0 Å². The Balaban J connectivity index is 1.68. The summed E-state index contributed by atoms with van der Waals surface area (Å²) >= 11 is 0. The van der Waals surface area contributed by atoms with Crippen LogP contribution in [0.25, 0.3) is 22.6 Å². The summed E-state index contributed by atoms with van der Waals surface area (Å²) in [4.78, 5) is 16.4. The quantitative estimate of drug-likeness (QED) is 0.438. The summed E-state index contributed by atoms with van der Waals surface area (Å²) in [6.07, 6.45) is 2.38. The standard InChI is InChI=1S/C21H23NO3/c1-4-14(2)6-12-20(23)24-17-9-7-16(8-10-17)21-22-18-13-15(3)5-11-19(18)25-21/h5,7-11,13-14H,4,6,12H2,1-3H3. The number of aromatic nitrogens is 1. The number of esters is 1. The molecule has 0 amide bonds. The van der Waals surface area contributed by atoms with E-state index in [-0.39, 0.29) is 5.97 Å². The van der Waals surface area contributed by atoms with Crippen molar-refractivity contribution in [1.29, 1.82) is 0 Å². The second-order valence-corrected chi connectivity index (χ2v) is 6.54. The van der Waals surface area contributed by atoms with E-state index in [1.54, 1.807) is 12.1 Å². The lowest BCUT2D eigenvalue weighted by molar-refractivity contribution is -0.134. The lowest BCUT2D eigenvalue weighted by Gasteiger charge is -2.08. The summed E-state index contributed by atoms with van der Waals surface area (Å²) < 4.78 is 11.2. The van der Waals surface area contributed by atoms with Gasteiger partial charge in [0.05, 0.1) is 0 Å². The molecule has 130 valence electrons. The third kappa shape index (κ3) is 4.27. The maximum absolute atomic E-state index is 11.9. The predicted octanol–water partition coefficient (Wildman–Crippen LogP) is 5.53. The van der Waals surface area contributed by atoms with Gasteiger partial charge in [0, 0.05) is 12.0 Å². The Labute approximate surface area is 147 Å². The molecule has 4 heteroatoms. The zero-order valence-electron chi connectivity index (χ0n) is 14.9. The minimum atomic E-state index is -0.189. The summed E-state index contributed by atoms with van der Waals surface area (Å²) in [5.74, 6) is 1.46. The molecular formula is C21H23NO3. The molecule has 0 saturated heterocycles. The number of hydrogen-bond acceptors (Lipinski definition) is 4. The first-order chi connectivity index (χ1) is 12.0. The van der Waals surface area contributed by atoms with Gasteiger partial charge < -0.3 is 9.15 Å². The molecule has 3 rings (SSSR count). The van der Waals surface area contributed by atoms with Crippen LogP contribution in [0.4, 0.5) is 0 Å². The first-order valence-corrected chi connectivity index (χ1v) is 8.73. The zero-order chi connectivity index (χ0) is 17.8. The second-order valence-electron chi connectivity index (χ2n) is 6.54. The van der Waals surface area contributed by atoms with E-state index in [2.05, 4.69) is 18.8 Å². The Morgan fingerprint density at radius 3 is 2.68 bits per heavy atom. The fraction of sp³-hybridized carbons (Fsp3) is 0.333. The molecular weight excluding hydrogens is 314 g/mol. The number of nitrogens with zero attached hydrogens (tertiary/aromatic N) is 1. The largest absolute Gasteiger partial charge is 0.436 e.